The lowest BCUT2D eigenvalue weighted by molar-refractivity contribution is 0.850. The Balaban J connectivity index is 1.86. The van der Waals surface area contributed by atoms with Gasteiger partial charge in [-0.15, -0.1) is 22.7 Å². The van der Waals surface area contributed by atoms with Gasteiger partial charge in [0, 0.05) is 11.1 Å². The van der Waals surface area contributed by atoms with Crippen LogP contribution in [0, 0.1) is 6.92 Å². The van der Waals surface area contributed by atoms with Crippen molar-refractivity contribution < 1.29 is 0 Å². The van der Waals surface area contributed by atoms with Gasteiger partial charge in [-0.25, -0.2) is 9.97 Å². The van der Waals surface area contributed by atoms with Gasteiger partial charge in [-0.1, -0.05) is 0 Å². The van der Waals surface area contributed by atoms with Crippen LogP contribution in [0.15, 0.2) is 29.1 Å². The van der Waals surface area contributed by atoms with E-state index in [1.54, 1.807) is 22.7 Å². The zero-order valence-electron chi connectivity index (χ0n) is 10.2. The molecule has 92 valence electrons. The number of nitrogens with zero attached hydrogens (tertiary/aromatic N) is 2. The highest BCUT2D eigenvalue weighted by molar-refractivity contribution is 7.18. The van der Waals surface area contributed by atoms with Gasteiger partial charge < -0.3 is 5.32 Å². The Hall–Kier alpha value is -1.46. The number of hydrogen-bond acceptors (Lipinski definition) is 5. The summed E-state index contributed by atoms with van der Waals surface area (Å²) < 4.78 is 1.22. The molecule has 3 aromatic rings. The SMILES string of the molecule is Cc1nc2ccc(NC(C)c3cscn3)cc2s1. The maximum Gasteiger partial charge on any atom is 0.0907 e. The summed E-state index contributed by atoms with van der Waals surface area (Å²) in [6.45, 7) is 4.16. The molecule has 0 amide bonds. The first-order valence-electron chi connectivity index (χ1n) is 5.74. The average Bonchev–Trinajstić information content (AvgIpc) is 2.95. The van der Waals surface area contributed by atoms with Gasteiger partial charge in [-0.05, 0) is 32.0 Å². The molecule has 18 heavy (non-hydrogen) atoms. The van der Waals surface area contributed by atoms with E-state index in [2.05, 4.69) is 45.8 Å². The Bertz CT molecular complexity index is 658. The number of aryl methyl sites for hydroxylation is 1. The molecule has 0 spiro atoms. The zero-order valence-corrected chi connectivity index (χ0v) is 11.8. The summed E-state index contributed by atoms with van der Waals surface area (Å²) in [5.41, 5.74) is 5.14. The molecule has 0 aliphatic rings. The molecule has 2 heterocycles. The lowest BCUT2D eigenvalue weighted by atomic mass is 10.2. The normalized spacial score (nSPS) is 12.8. The molecule has 1 unspecified atom stereocenters. The monoisotopic (exact) mass is 275 g/mol. The molecule has 1 atom stereocenters. The average molecular weight is 275 g/mol. The van der Waals surface area contributed by atoms with E-state index in [0.29, 0.717) is 0 Å². The molecule has 0 saturated heterocycles. The van der Waals surface area contributed by atoms with Crippen molar-refractivity contribution in [3.8, 4) is 0 Å². The second-order valence-electron chi connectivity index (χ2n) is 4.19. The first-order valence-corrected chi connectivity index (χ1v) is 7.50. The Kier molecular flexibility index (Phi) is 3.01. The van der Waals surface area contributed by atoms with Crippen LogP contribution in [-0.2, 0) is 0 Å². The third kappa shape index (κ3) is 2.23. The topological polar surface area (TPSA) is 37.8 Å². The van der Waals surface area contributed by atoms with E-state index in [4.69, 9.17) is 0 Å². The smallest absolute Gasteiger partial charge is 0.0907 e. The summed E-state index contributed by atoms with van der Waals surface area (Å²) in [6.07, 6.45) is 0. The van der Waals surface area contributed by atoms with E-state index in [1.807, 2.05) is 12.4 Å². The molecule has 1 N–H and O–H groups in total. The van der Waals surface area contributed by atoms with E-state index in [9.17, 15) is 0 Å². The molecule has 3 nitrogen and oxygen atoms in total. The maximum atomic E-state index is 4.46. The van der Waals surface area contributed by atoms with Crippen LogP contribution in [0.1, 0.15) is 23.7 Å². The summed E-state index contributed by atoms with van der Waals surface area (Å²) in [5.74, 6) is 0. The zero-order chi connectivity index (χ0) is 12.5. The van der Waals surface area contributed by atoms with Crippen LogP contribution in [0.4, 0.5) is 5.69 Å². The first-order chi connectivity index (χ1) is 8.72. The highest BCUT2D eigenvalue weighted by Gasteiger charge is 2.08. The molecule has 0 radical (unpaired) electrons. The first kappa shape index (κ1) is 11.6. The van der Waals surface area contributed by atoms with E-state index in [1.165, 1.54) is 4.70 Å². The van der Waals surface area contributed by atoms with Crippen LogP contribution in [0.2, 0.25) is 0 Å². The van der Waals surface area contributed by atoms with E-state index in [0.717, 1.165) is 21.9 Å². The third-order valence-corrected chi connectivity index (χ3v) is 4.31. The lowest BCUT2D eigenvalue weighted by Crippen LogP contribution is -2.06. The molecule has 3 rings (SSSR count). The maximum absolute atomic E-state index is 4.46. The fourth-order valence-corrected chi connectivity index (χ4v) is 3.40. The number of aromatic nitrogens is 2. The standard InChI is InChI=1S/C13H13N3S2/c1-8(12-6-17-7-14-12)15-10-3-4-11-13(5-10)18-9(2)16-11/h3-8,15H,1-2H3. The van der Waals surface area contributed by atoms with E-state index in [-0.39, 0.29) is 6.04 Å². The number of hydrogen-bond donors (Lipinski definition) is 1. The molecular formula is C13H13N3S2. The van der Waals surface area contributed by atoms with Gasteiger partial charge in [0.15, 0.2) is 0 Å². The minimum atomic E-state index is 0.225. The molecule has 1 aromatic carbocycles. The predicted octanol–water partition coefficient (Wildman–Crippen LogP) is 4.23. The van der Waals surface area contributed by atoms with Crippen molar-refractivity contribution in [3.05, 3.63) is 39.8 Å². The molecule has 0 saturated carbocycles. The largest absolute Gasteiger partial charge is 0.377 e. The number of anilines is 1. The van der Waals surface area contributed by atoms with Crippen LogP contribution in [0.3, 0.4) is 0 Å². The fraction of sp³-hybridized carbons (Fsp3) is 0.231. The van der Waals surface area contributed by atoms with Crippen molar-refractivity contribution in [1.29, 1.82) is 0 Å². The minimum absolute atomic E-state index is 0.225. The number of rotatable bonds is 3. The predicted molar refractivity (Wildman–Crippen MR) is 78.5 cm³/mol. The van der Waals surface area contributed by atoms with Crippen molar-refractivity contribution in [2.24, 2.45) is 0 Å². The van der Waals surface area contributed by atoms with Crippen molar-refractivity contribution in [2.75, 3.05) is 5.32 Å². The number of fused-ring (bicyclic) bond motifs is 1. The molecule has 2 aromatic heterocycles. The van der Waals surface area contributed by atoms with Crippen LogP contribution in [0.25, 0.3) is 10.2 Å². The Morgan fingerprint density at radius 1 is 1.33 bits per heavy atom. The molecule has 5 heteroatoms. The van der Waals surface area contributed by atoms with E-state index >= 15 is 0 Å². The van der Waals surface area contributed by atoms with Gasteiger partial charge in [0.2, 0.25) is 0 Å². The lowest BCUT2D eigenvalue weighted by Gasteiger charge is -2.12. The van der Waals surface area contributed by atoms with Crippen molar-refractivity contribution >= 4 is 38.6 Å². The van der Waals surface area contributed by atoms with Gasteiger partial charge in [-0.3, -0.25) is 0 Å². The van der Waals surface area contributed by atoms with Crippen LogP contribution < -0.4 is 5.32 Å². The van der Waals surface area contributed by atoms with Gasteiger partial charge in [0.25, 0.3) is 0 Å². The molecule has 0 aliphatic heterocycles. The Morgan fingerprint density at radius 2 is 2.22 bits per heavy atom. The fourth-order valence-electron chi connectivity index (χ4n) is 1.89. The van der Waals surface area contributed by atoms with Crippen LogP contribution in [0.5, 0.6) is 0 Å². The molecular weight excluding hydrogens is 262 g/mol. The van der Waals surface area contributed by atoms with Crippen molar-refractivity contribution in [3.63, 3.8) is 0 Å². The van der Waals surface area contributed by atoms with Gasteiger partial charge >= 0.3 is 0 Å². The summed E-state index contributed by atoms with van der Waals surface area (Å²) in [5, 5.41) is 6.65. The minimum Gasteiger partial charge on any atom is -0.377 e. The van der Waals surface area contributed by atoms with Crippen molar-refractivity contribution in [2.45, 2.75) is 19.9 Å². The summed E-state index contributed by atoms with van der Waals surface area (Å²) >= 11 is 3.35. The Labute approximate surface area is 114 Å². The number of nitrogens with one attached hydrogen (secondary N) is 1. The van der Waals surface area contributed by atoms with Gasteiger partial charge in [-0.2, -0.15) is 0 Å². The summed E-state index contributed by atoms with van der Waals surface area (Å²) in [6, 6.07) is 6.52. The summed E-state index contributed by atoms with van der Waals surface area (Å²) in [4.78, 5) is 8.79. The molecule has 0 fully saturated rings. The second-order valence-corrected chi connectivity index (χ2v) is 6.15. The number of thiazole rings is 2. The van der Waals surface area contributed by atoms with Gasteiger partial charge in [0.05, 0.1) is 32.5 Å². The highest BCUT2D eigenvalue weighted by atomic mass is 32.1. The highest BCUT2D eigenvalue weighted by Crippen LogP contribution is 2.26. The van der Waals surface area contributed by atoms with Crippen LogP contribution >= 0.6 is 22.7 Å². The van der Waals surface area contributed by atoms with Crippen molar-refractivity contribution in [1.82, 2.24) is 9.97 Å². The van der Waals surface area contributed by atoms with E-state index < -0.39 is 0 Å². The van der Waals surface area contributed by atoms with Gasteiger partial charge in [0.1, 0.15) is 0 Å². The third-order valence-electron chi connectivity index (χ3n) is 2.77. The number of benzene rings is 1. The molecule has 0 bridgehead atoms. The molecule has 0 aliphatic carbocycles. The Morgan fingerprint density at radius 3 is 3.00 bits per heavy atom. The van der Waals surface area contributed by atoms with Crippen LogP contribution in [-0.4, -0.2) is 9.97 Å². The second kappa shape index (κ2) is 4.66. The summed E-state index contributed by atoms with van der Waals surface area (Å²) in [7, 11) is 0. The quantitative estimate of drug-likeness (QED) is 0.777.